The van der Waals surface area contributed by atoms with Gasteiger partial charge in [-0.2, -0.15) is 39.5 Å². The van der Waals surface area contributed by atoms with Gasteiger partial charge in [0.15, 0.2) is 8.32 Å². The lowest BCUT2D eigenvalue weighted by molar-refractivity contribution is -0.386. The Hall–Kier alpha value is -0.0594. The molecule has 0 radical (unpaired) electrons. The van der Waals surface area contributed by atoms with Crippen molar-refractivity contribution in [3.05, 3.63) is 0 Å². The van der Waals surface area contributed by atoms with E-state index < -0.39 is 50.9 Å². The maximum absolute atomic E-state index is 13.9. The van der Waals surface area contributed by atoms with Crippen LogP contribution in [0.25, 0.3) is 0 Å². The normalized spacial score (nSPS) is 18.4. The van der Waals surface area contributed by atoms with E-state index in [1.54, 1.807) is 0 Å². The molecule has 0 saturated heterocycles. The Labute approximate surface area is 125 Å². The van der Waals surface area contributed by atoms with Gasteiger partial charge in [-0.05, 0) is 26.2 Å². The van der Waals surface area contributed by atoms with Crippen molar-refractivity contribution in [2.24, 2.45) is 0 Å². The van der Waals surface area contributed by atoms with Gasteiger partial charge in [-0.15, -0.1) is 0 Å². The summed E-state index contributed by atoms with van der Waals surface area (Å²) in [7, 11) is -8.94. The van der Waals surface area contributed by atoms with Gasteiger partial charge in [-0.25, -0.2) is 0 Å². The van der Waals surface area contributed by atoms with Gasteiger partial charge in [0.25, 0.3) is 0 Å². The first kappa shape index (κ1) is 21.9. The standard InChI is InChI=1S/C8H15F9O2Si3/c1-21(2,3)19-22(4,18-20)8(16,17)6(11,12)5(9,10)7(13,14)15/h1-4,20H3. The van der Waals surface area contributed by atoms with E-state index in [2.05, 4.69) is 4.12 Å². The molecular weight excluding hydrogens is 383 g/mol. The zero-order chi connectivity index (χ0) is 18.4. The Morgan fingerprint density at radius 1 is 0.727 bits per heavy atom. The van der Waals surface area contributed by atoms with Gasteiger partial charge < -0.3 is 8.23 Å². The highest BCUT2D eigenvalue weighted by molar-refractivity contribution is 6.84. The van der Waals surface area contributed by atoms with Gasteiger partial charge in [0.05, 0.1) is 0 Å². The fourth-order valence-electron chi connectivity index (χ4n) is 1.48. The fraction of sp³-hybridized carbons (Fsp3) is 1.00. The first-order valence-corrected chi connectivity index (χ1v) is 12.3. The van der Waals surface area contributed by atoms with E-state index in [0.717, 1.165) is 0 Å². The van der Waals surface area contributed by atoms with Crippen LogP contribution in [0.3, 0.4) is 0 Å². The van der Waals surface area contributed by atoms with E-state index in [1.807, 2.05) is 0 Å². The zero-order valence-corrected chi connectivity index (χ0v) is 16.2. The highest BCUT2D eigenvalue weighted by Crippen LogP contribution is 2.56. The van der Waals surface area contributed by atoms with Crippen LogP contribution >= 0.6 is 0 Å². The summed E-state index contributed by atoms with van der Waals surface area (Å²) >= 11 is 0. The Kier molecular flexibility index (Phi) is 5.77. The van der Waals surface area contributed by atoms with Gasteiger partial charge in [-0.1, -0.05) is 0 Å². The molecular formula is C8H15F9O2Si3. The molecule has 0 aliphatic carbocycles. The van der Waals surface area contributed by atoms with E-state index in [0.29, 0.717) is 6.55 Å². The highest BCUT2D eigenvalue weighted by atomic mass is 28.5. The average Bonchev–Trinajstić information content (AvgIpc) is 2.24. The van der Waals surface area contributed by atoms with Crippen LogP contribution in [0.5, 0.6) is 0 Å². The van der Waals surface area contributed by atoms with Gasteiger partial charge >= 0.3 is 32.1 Å². The van der Waals surface area contributed by atoms with Crippen molar-refractivity contribution in [3.8, 4) is 0 Å². The minimum Gasteiger partial charge on any atom is -0.442 e. The molecule has 0 saturated carbocycles. The molecule has 0 aromatic carbocycles. The third-order valence-corrected chi connectivity index (χ3v) is 11.2. The van der Waals surface area contributed by atoms with Gasteiger partial charge in [0.1, 0.15) is 10.5 Å². The largest absolute Gasteiger partial charge is 0.460 e. The molecule has 0 aliphatic rings. The van der Waals surface area contributed by atoms with Crippen LogP contribution in [0.2, 0.25) is 26.2 Å². The molecule has 1 atom stereocenters. The second kappa shape index (κ2) is 5.78. The summed E-state index contributed by atoms with van der Waals surface area (Å²) in [5.74, 6) is -13.6. The number of alkyl halides is 9. The Balaban J connectivity index is 6.07. The van der Waals surface area contributed by atoms with Crippen LogP contribution in [0, 0.1) is 0 Å². The number of halogens is 9. The zero-order valence-electron chi connectivity index (χ0n) is 12.2. The SMILES string of the molecule is C[Si](C)(C)O[Si](C)(O[SiH3])C(F)(F)C(F)(F)C(F)(F)C(F)(F)F. The van der Waals surface area contributed by atoms with Gasteiger partial charge in [-0.3, -0.25) is 0 Å². The van der Waals surface area contributed by atoms with E-state index in [9.17, 15) is 39.5 Å². The molecule has 134 valence electrons. The summed E-state index contributed by atoms with van der Waals surface area (Å²) in [6, 6.07) is 0. The minimum absolute atomic E-state index is 0.360. The van der Waals surface area contributed by atoms with Crippen LogP contribution < -0.4 is 0 Å². The summed E-state index contributed by atoms with van der Waals surface area (Å²) in [5.41, 5.74) is -5.79. The molecule has 0 aromatic rings. The van der Waals surface area contributed by atoms with Crippen molar-refractivity contribution >= 4 is 27.4 Å². The Morgan fingerprint density at radius 2 is 1.09 bits per heavy atom. The van der Waals surface area contributed by atoms with Crippen LogP contribution in [0.15, 0.2) is 0 Å². The maximum atomic E-state index is 13.9. The maximum Gasteiger partial charge on any atom is 0.460 e. The summed E-state index contributed by atoms with van der Waals surface area (Å²) in [4.78, 5) is 0. The molecule has 1 unspecified atom stereocenters. The van der Waals surface area contributed by atoms with Crippen molar-refractivity contribution in [3.63, 3.8) is 0 Å². The summed E-state index contributed by atoms with van der Waals surface area (Å²) in [6.07, 6.45) is -6.85. The van der Waals surface area contributed by atoms with Gasteiger partial charge in [0, 0.05) is 0 Å². The smallest absolute Gasteiger partial charge is 0.442 e. The molecule has 0 aliphatic heterocycles. The van der Waals surface area contributed by atoms with Gasteiger partial charge in [0.2, 0.25) is 0 Å². The number of hydrogen-bond acceptors (Lipinski definition) is 2. The molecule has 0 spiro atoms. The van der Waals surface area contributed by atoms with E-state index >= 15 is 0 Å². The van der Waals surface area contributed by atoms with E-state index in [1.165, 1.54) is 19.6 Å². The molecule has 0 amide bonds. The molecule has 0 heterocycles. The number of hydrogen-bond donors (Lipinski definition) is 0. The lowest BCUT2D eigenvalue weighted by atomic mass is 10.1. The minimum atomic E-state index is -6.93. The second-order valence-electron chi connectivity index (χ2n) is 5.59. The monoisotopic (exact) mass is 398 g/mol. The molecule has 2 nitrogen and oxygen atoms in total. The Morgan fingerprint density at radius 3 is 1.32 bits per heavy atom. The molecule has 0 N–H and O–H groups in total. The third-order valence-electron chi connectivity index (χ3n) is 2.61. The predicted molar refractivity (Wildman–Crippen MR) is 68.0 cm³/mol. The molecule has 0 fully saturated rings. The molecule has 0 bridgehead atoms. The van der Waals surface area contributed by atoms with E-state index in [4.69, 9.17) is 4.12 Å². The summed E-state index contributed by atoms with van der Waals surface area (Å²) in [6.45, 7) is 4.22. The van der Waals surface area contributed by atoms with Crippen LogP contribution in [0.1, 0.15) is 0 Å². The van der Waals surface area contributed by atoms with E-state index in [-0.39, 0.29) is 0 Å². The fourth-order valence-corrected chi connectivity index (χ4v) is 9.50. The lowest BCUT2D eigenvalue weighted by Gasteiger charge is -2.43. The average molecular weight is 398 g/mol. The van der Waals surface area contributed by atoms with Crippen LogP contribution in [0.4, 0.5) is 39.5 Å². The van der Waals surface area contributed by atoms with Crippen molar-refractivity contribution in [1.29, 1.82) is 0 Å². The van der Waals surface area contributed by atoms with Crippen LogP contribution in [-0.4, -0.2) is 50.9 Å². The Bertz CT molecular complexity index is 407. The molecule has 22 heavy (non-hydrogen) atoms. The topological polar surface area (TPSA) is 18.5 Å². The van der Waals surface area contributed by atoms with Crippen molar-refractivity contribution in [2.75, 3.05) is 0 Å². The first-order valence-electron chi connectivity index (χ1n) is 5.72. The molecule has 0 aromatic heterocycles. The van der Waals surface area contributed by atoms with Crippen molar-refractivity contribution < 1.29 is 47.7 Å². The lowest BCUT2D eigenvalue weighted by Crippen LogP contribution is -2.73. The summed E-state index contributed by atoms with van der Waals surface area (Å²) < 4.78 is 126. The quantitative estimate of drug-likeness (QED) is 0.505. The molecule has 14 heteroatoms. The van der Waals surface area contributed by atoms with Crippen LogP contribution in [-0.2, 0) is 8.23 Å². The predicted octanol–water partition coefficient (Wildman–Crippen LogP) is 3.21. The third kappa shape index (κ3) is 3.54. The molecule has 0 rings (SSSR count). The summed E-state index contributed by atoms with van der Waals surface area (Å²) in [5, 5.41) is 0. The van der Waals surface area contributed by atoms with Crippen molar-refractivity contribution in [1.82, 2.24) is 0 Å². The van der Waals surface area contributed by atoms with Crippen molar-refractivity contribution in [2.45, 2.75) is 49.8 Å². The highest BCUT2D eigenvalue weighted by Gasteiger charge is 2.86. The first-order chi connectivity index (χ1) is 9.27. The second-order valence-corrected chi connectivity index (χ2v) is 14.8. The number of rotatable bonds is 6.